The lowest BCUT2D eigenvalue weighted by Crippen LogP contribution is -2.47. The van der Waals surface area contributed by atoms with Crippen LogP contribution in [0.15, 0.2) is 0 Å². The van der Waals surface area contributed by atoms with Gasteiger partial charge in [0.2, 0.25) is 0 Å². The fraction of sp³-hybridized carbons (Fsp3) is 0.833. The highest BCUT2D eigenvalue weighted by Crippen LogP contribution is 2.19. The van der Waals surface area contributed by atoms with Crippen molar-refractivity contribution in [3.05, 3.63) is 0 Å². The average molecular weight is 225 g/mol. The van der Waals surface area contributed by atoms with Crippen LogP contribution in [0, 0.1) is 0 Å². The van der Waals surface area contributed by atoms with Crippen molar-refractivity contribution in [2.24, 2.45) is 0 Å². The number of hydrogen-bond donors (Lipinski definition) is 2. The fourth-order valence-corrected chi connectivity index (χ4v) is 1.95. The number of aliphatic carboxylic acids is 1. The largest absolute Gasteiger partial charge is 0.748 e. The molecule has 0 aromatic rings. The molecule has 0 aromatic heterocycles. The molecule has 2 unspecified atom stereocenters. The molecule has 1 saturated heterocycles. The maximum absolute atomic E-state index is 10.5. The zero-order valence-corrected chi connectivity index (χ0v) is 7.81. The molecule has 0 spiro atoms. The summed E-state index contributed by atoms with van der Waals surface area (Å²) >= 11 is 0. The normalized spacial score (nSPS) is 34.0. The number of rotatable bonds is 2. The van der Waals surface area contributed by atoms with Crippen LogP contribution in [0.25, 0.3) is 0 Å². The second-order valence-electron chi connectivity index (χ2n) is 2.99. The highest BCUT2D eigenvalue weighted by atomic mass is 32.2. The number of carbonyl (C=O) groups is 1. The minimum absolute atomic E-state index is 0.387. The molecule has 0 saturated carbocycles. The summed E-state index contributed by atoms with van der Waals surface area (Å²) in [5, 5.41) is 16.1. The molecule has 1 heterocycles. The first-order chi connectivity index (χ1) is 6.32. The number of ether oxygens (including phenoxy) is 1. The van der Waals surface area contributed by atoms with Gasteiger partial charge in [-0.3, -0.25) is 0 Å². The Hall–Kier alpha value is -0.700. The molecule has 0 amide bonds. The Labute approximate surface area is 80.1 Å². The van der Waals surface area contributed by atoms with Crippen molar-refractivity contribution in [3.8, 4) is 0 Å². The smallest absolute Gasteiger partial charge is 0.332 e. The molecule has 0 bridgehead atoms. The van der Waals surface area contributed by atoms with Gasteiger partial charge in [0.1, 0.15) is 10.1 Å². The van der Waals surface area contributed by atoms with Gasteiger partial charge in [0, 0.05) is 6.42 Å². The quantitative estimate of drug-likeness (QED) is 0.528. The lowest BCUT2D eigenvalue weighted by atomic mass is 10.1. The van der Waals surface area contributed by atoms with Crippen molar-refractivity contribution >= 4 is 16.1 Å². The van der Waals surface area contributed by atoms with Gasteiger partial charge in [-0.15, -0.1) is 0 Å². The lowest BCUT2D eigenvalue weighted by Gasteiger charge is -2.32. The van der Waals surface area contributed by atoms with Crippen LogP contribution in [0.1, 0.15) is 6.42 Å². The summed E-state index contributed by atoms with van der Waals surface area (Å²) in [7, 11) is -4.64. The average Bonchev–Trinajstić information content (AvgIpc) is 2.01. The molecule has 0 aliphatic carbocycles. The van der Waals surface area contributed by atoms with Crippen LogP contribution in [0.2, 0.25) is 0 Å². The Morgan fingerprint density at radius 2 is 2.07 bits per heavy atom. The van der Waals surface area contributed by atoms with Gasteiger partial charge in [-0.2, -0.15) is 0 Å². The first kappa shape index (κ1) is 11.4. The SMILES string of the molecule is O=C(O)C1C[C@@H](O)C(S(=O)(=O)[O-])CO1. The summed E-state index contributed by atoms with van der Waals surface area (Å²) in [4.78, 5) is 10.4. The van der Waals surface area contributed by atoms with Crippen LogP contribution in [0.5, 0.6) is 0 Å². The van der Waals surface area contributed by atoms with E-state index < -0.39 is 40.2 Å². The molecule has 0 radical (unpaired) electrons. The highest BCUT2D eigenvalue weighted by molar-refractivity contribution is 7.86. The molecular formula is C6H9O7S-. The molecule has 1 fully saturated rings. The van der Waals surface area contributed by atoms with E-state index in [9.17, 15) is 22.9 Å². The number of carboxylic acid groups (broad SMARTS) is 1. The second-order valence-corrected chi connectivity index (χ2v) is 4.59. The van der Waals surface area contributed by atoms with Gasteiger partial charge in [0.05, 0.1) is 18.0 Å². The topological polar surface area (TPSA) is 124 Å². The Morgan fingerprint density at radius 1 is 1.50 bits per heavy atom. The monoisotopic (exact) mass is 225 g/mol. The van der Waals surface area contributed by atoms with Gasteiger partial charge in [0.15, 0.2) is 6.10 Å². The summed E-state index contributed by atoms with van der Waals surface area (Å²) in [5.41, 5.74) is 0. The number of aliphatic hydroxyl groups is 1. The third kappa shape index (κ3) is 2.41. The van der Waals surface area contributed by atoms with E-state index in [1.165, 1.54) is 0 Å². The molecule has 8 heteroatoms. The lowest BCUT2D eigenvalue weighted by molar-refractivity contribution is -0.157. The maximum atomic E-state index is 10.5. The van der Waals surface area contributed by atoms with Gasteiger partial charge >= 0.3 is 5.97 Å². The molecular weight excluding hydrogens is 216 g/mol. The zero-order chi connectivity index (χ0) is 10.9. The first-order valence-electron chi connectivity index (χ1n) is 3.79. The van der Waals surface area contributed by atoms with Gasteiger partial charge in [-0.05, 0) is 0 Å². The number of hydrogen-bond acceptors (Lipinski definition) is 6. The summed E-state index contributed by atoms with van der Waals surface area (Å²) in [5.74, 6) is -1.29. The van der Waals surface area contributed by atoms with E-state index in [1.54, 1.807) is 0 Å². The number of carboxylic acids is 1. The van der Waals surface area contributed by atoms with Crippen LogP contribution >= 0.6 is 0 Å². The van der Waals surface area contributed by atoms with E-state index in [4.69, 9.17) is 5.11 Å². The molecule has 1 rings (SSSR count). The van der Waals surface area contributed by atoms with Gasteiger partial charge in [0.25, 0.3) is 0 Å². The van der Waals surface area contributed by atoms with Crippen LogP contribution in [0.3, 0.4) is 0 Å². The van der Waals surface area contributed by atoms with Crippen molar-refractivity contribution in [3.63, 3.8) is 0 Å². The predicted octanol–water partition coefficient (Wildman–Crippen LogP) is -1.87. The first-order valence-corrected chi connectivity index (χ1v) is 5.26. The molecule has 1 aliphatic heterocycles. The van der Waals surface area contributed by atoms with Crippen LogP contribution in [-0.2, 0) is 19.6 Å². The molecule has 14 heavy (non-hydrogen) atoms. The Bertz CT molecular complexity index is 321. The minimum Gasteiger partial charge on any atom is -0.748 e. The van der Waals surface area contributed by atoms with Gasteiger partial charge < -0.3 is 19.5 Å². The molecule has 3 atom stereocenters. The van der Waals surface area contributed by atoms with Crippen molar-refractivity contribution < 1.29 is 32.7 Å². The zero-order valence-electron chi connectivity index (χ0n) is 6.99. The van der Waals surface area contributed by atoms with Gasteiger partial charge in [-0.25, -0.2) is 13.2 Å². The van der Waals surface area contributed by atoms with Crippen LogP contribution in [0.4, 0.5) is 0 Å². The Kier molecular flexibility index (Phi) is 3.10. The van der Waals surface area contributed by atoms with Crippen LogP contribution < -0.4 is 0 Å². The minimum atomic E-state index is -4.64. The van der Waals surface area contributed by atoms with Crippen LogP contribution in [-0.4, -0.2) is 53.2 Å². The Morgan fingerprint density at radius 3 is 2.43 bits per heavy atom. The standard InChI is InChI=1S/C6H10O7S/c7-3-1-4(6(8)9)13-2-5(3)14(10,11)12/h3-5,7H,1-2H2,(H,8,9)(H,10,11,12)/p-1/t3-,4?,5?/m1/s1. The summed E-state index contributed by atoms with van der Waals surface area (Å²) < 4.78 is 36.2. The molecule has 2 N–H and O–H groups in total. The van der Waals surface area contributed by atoms with E-state index >= 15 is 0 Å². The number of aliphatic hydroxyl groups excluding tert-OH is 1. The van der Waals surface area contributed by atoms with Gasteiger partial charge in [-0.1, -0.05) is 0 Å². The summed E-state index contributed by atoms with van der Waals surface area (Å²) in [6.45, 7) is -0.579. The molecule has 82 valence electrons. The van der Waals surface area contributed by atoms with Crippen molar-refractivity contribution in [1.82, 2.24) is 0 Å². The third-order valence-electron chi connectivity index (χ3n) is 1.99. The fourth-order valence-electron chi connectivity index (χ4n) is 1.21. The van der Waals surface area contributed by atoms with E-state index in [-0.39, 0.29) is 6.42 Å². The molecule has 1 aliphatic rings. The van der Waals surface area contributed by atoms with E-state index in [0.717, 1.165) is 0 Å². The van der Waals surface area contributed by atoms with E-state index in [1.807, 2.05) is 0 Å². The molecule has 0 aromatic carbocycles. The highest BCUT2D eigenvalue weighted by Gasteiger charge is 2.36. The van der Waals surface area contributed by atoms with Crippen molar-refractivity contribution in [2.45, 2.75) is 23.9 Å². The third-order valence-corrected chi connectivity index (χ3v) is 3.18. The van der Waals surface area contributed by atoms with E-state index in [0.29, 0.717) is 0 Å². The molecule has 7 nitrogen and oxygen atoms in total. The Balaban J connectivity index is 2.70. The predicted molar refractivity (Wildman–Crippen MR) is 41.5 cm³/mol. The van der Waals surface area contributed by atoms with E-state index in [2.05, 4.69) is 4.74 Å². The second kappa shape index (κ2) is 3.81. The summed E-state index contributed by atoms with van der Waals surface area (Å²) in [6, 6.07) is 0. The van der Waals surface area contributed by atoms with Crippen molar-refractivity contribution in [1.29, 1.82) is 0 Å². The maximum Gasteiger partial charge on any atom is 0.332 e. The van der Waals surface area contributed by atoms with Crippen molar-refractivity contribution in [2.75, 3.05) is 6.61 Å². The summed E-state index contributed by atoms with van der Waals surface area (Å²) in [6.07, 6.45) is -3.11.